The number of benzene rings is 2. The van der Waals surface area contributed by atoms with Gasteiger partial charge in [-0.25, -0.2) is 9.78 Å². The summed E-state index contributed by atoms with van der Waals surface area (Å²) in [6.45, 7) is 3.66. The van der Waals surface area contributed by atoms with Crippen molar-refractivity contribution in [3.8, 4) is 11.3 Å². The summed E-state index contributed by atoms with van der Waals surface area (Å²) in [5.41, 5.74) is 3.02. The number of hydrogen-bond donors (Lipinski definition) is 1. The minimum absolute atomic E-state index is 0.330. The molecule has 5 nitrogen and oxygen atoms in total. The Kier molecular flexibility index (Phi) is 4.28. The van der Waals surface area contributed by atoms with Crippen molar-refractivity contribution in [2.45, 2.75) is 25.9 Å². The number of hydrogen-bond acceptors (Lipinski definition) is 5. The summed E-state index contributed by atoms with van der Waals surface area (Å²) >= 11 is 1.34. The number of ether oxygens (including phenoxy) is 1. The number of esters is 1. The van der Waals surface area contributed by atoms with Gasteiger partial charge in [-0.3, -0.25) is 10.1 Å². The van der Waals surface area contributed by atoms with Crippen molar-refractivity contribution < 1.29 is 14.3 Å². The van der Waals surface area contributed by atoms with Crippen LogP contribution in [0.25, 0.3) is 11.3 Å². The number of nitrogens with zero attached hydrogens (tertiary/aromatic N) is 1. The monoisotopic (exact) mass is 378 g/mol. The molecule has 27 heavy (non-hydrogen) atoms. The van der Waals surface area contributed by atoms with Gasteiger partial charge in [0.15, 0.2) is 10.7 Å². The van der Waals surface area contributed by atoms with E-state index >= 15 is 0 Å². The van der Waals surface area contributed by atoms with Crippen LogP contribution >= 0.6 is 11.3 Å². The van der Waals surface area contributed by atoms with Crippen molar-refractivity contribution >= 4 is 28.3 Å². The Morgan fingerprint density at radius 3 is 2.70 bits per heavy atom. The number of anilines is 1. The fourth-order valence-corrected chi connectivity index (χ4v) is 3.79. The summed E-state index contributed by atoms with van der Waals surface area (Å²) in [6, 6.07) is 15.2. The summed E-state index contributed by atoms with van der Waals surface area (Å²) < 4.78 is 5.46. The van der Waals surface area contributed by atoms with Gasteiger partial charge in [0.25, 0.3) is 5.91 Å². The molecule has 0 unspecified atom stereocenters. The van der Waals surface area contributed by atoms with Crippen LogP contribution in [0.5, 0.6) is 0 Å². The molecule has 3 aromatic rings. The van der Waals surface area contributed by atoms with Crippen LogP contribution in [-0.2, 0) is 16.0 Å². The number of carbonyl (C=O) groups excluding carboxylic acids is 2. The highest BCUT2D eigenvalue weighted by atomic mass is 32.1. The van der Waals surface area contributed by atoms with Gasteiger partial charge in [0, 0.05) is 17.4 Å². The standard InChI is InChI=1S/C21H18N2O3S/c1-13-7-9-14(10-8-13)17-12-27-20(22-17)23-19(25)21(2)11-15-5-3-4-6-16(15)18(24)26-21/h3-10,12H,11H2,1-2H3,(H,22,23,25)/t21-/m0/s1. The number of nitrogens with one attached hydrogen (secondary N) is 1. The molecule has 0 bridgehead atoms. The predicted octanol–water partition coefficient (Wildman–Crippen LogP) is 4.23. The van der Waals surface area contributed by atoms with E-state index in [0.29, 0.717) is 17.1 Å². The van der Waals surface area contributed by atoms with E-state index in [0.717, 1.165) is 16.8 Å². The molecule has 2 heterocycles. The zero-order chi connectivity index (χ0) is 19.0. The third kappa shape index (κ3) is 3.36. The number of thiazole rings is 1. The molecule has 6 heteroatoms. The van der Waals surface area contributed by atoms with E-state index < -0.39 is 11.6 Å². The van der Waals surface area contributed by atoms with Crippen LogP contribution in [0.1, 0.15) is 28.4 Å². The Morgan fingerprint density at radius 2 is 1.93 bits per heavy atom. The molecule has 0 aliphatic carbocycles. The Bertz CT molecular complexity index is 1030. The number of aryl methyl sites for hydroxylation is 1. The molecular weight excluding hydrogens is 360 g/mol. The highest BCUT2D eigenvalue weighted by molar-refractivity contribution is 7.14. The second-order valence-electron chi connectivity index (χ2n) is 6.81. The summed E-state index contributed by atoms with van der Waals surface area (Å²) in [6.07, 6.45) is 0.330. The minimum Gasteiger partial charge on any atom is -0.445 e. The Morgan fingerprint density at radius 1 is 1.19 bits per heavy atom. The first-order valence-corrected chi connectivity index (χ1v) is 9.48. The van der Waals surface area contributed by atoms with Crippen molar-refractivity contribution in [1.82, 2.24) is 4.98 Å². The van der Waals surface area contributed by atoms with E-state index in [2.05, 4.69) is 10.3 Å². The highest BCUT2D eigenvalue weighted by Crippen LogP contribution is 2.31. The van der Waals surface area contributed by atoms with Crippen molar-refractivity contribution in [3.63, 3.8) is 0 Å². The highest BCUT2D eigenvalue weighted by Gasteiger charge is 2.42. The zero-order valence-corrected chi connectivity index (χ0v) is 15.8. The quantitative estimate of drug-likeness (QED) is 0.693. The topological polar surface area (TPSA) is 68.3 Å². The molecule has 0 fully saturated rings. The maximum atomic E-state index is 12.8. The maximum absolute atomic E-state index is 12.8. The van der Waals surface area contributed by atoms with Gasteiger partial charge >= 0.3 is 5.97 Å². The predicted molar refractivity (Wildman–Crippen MR) is 105 cm³/mol. The third-order valence-electron chi connectivity index (χ3n) is 4.64. The van der Waals surface area contributed by atoms with Gasteiger partial charge < -0.3 is 4.74 Å². The van der Waals surface area contributed by atoms with E-state index in [-0.39, 0.29) is 5.91 Å². The molecular formula is C21H18N2O3S. The molecule has 0 radical (unpaired) electrons. The van der Waals surface area contributed by atoms with Gasteiger partial charge in [-0.15, -0.1) is 11.3 Å². The molecule has 136 valence electrons. The lowest BCUT2D eigenvalue weighted by Crippen LogP contribution is -2.48. The van der Waals surface area contributed by atoms with Crippen LogP contribution in [0.4, 0.5) is 5.13 Å². The number of aromatic nitrogens is 1. The van der Waals surface area contributed by atoms with E-state index in [1.165, 1.54) is 16.9 Å². The van der Waals surface area contributed by atoms with E-state index in [4.69, 9.17) is 4.74 Å². The third-order valence-corrected chi connectivity index (χ3v) is 5.39. The lowest BCUT2D eigenvalue weighted by molar-refractivity contribution is -0.134. The SMILES string of the molecule is Cc1ccc(-c2csc(NC(=O)[C@]3(C)Cc4ccccc4C(=O)O3)n2)cc1. The van der Waals surface area contributed by atoms with Gasteiger partial charge in [-0.1, -0.05) is 48.0 Å². The van der Waals surface area contributed by atoms with Gasteiger partial charge in [0.2, 0.25) is 0 Å². The van der Waals surface area contributed by atoms with Crippen molar-refractivity contribution in [3.05, 3.63) is 70.6 Å². The smallest absolute Gasteiger partial charge is 0.339 e. The van der Waals surface area contributed by atoms with E-state index in [9.17, 15) is 9.59 Å². The molecule has 0 saturated heterocycles. The zero-order valence-electron chi connectivity index (χ0n) is 15.0. The Labute approximate surface area is 161 Å². The molecule has 0 spiro atoms. The molecule has 1 amide bonds. The molecule has 1 atom stereocenters. The normalized spacial score (nSPS) is 18.5. The van der Waals surface area contributed by atoms with Crippen LogP contribution in [-0.4, -0.2) is 22.5 Å². The number of fused-ring (bicyclic) bond motifs is 1. The Hall–Kier alpha value is -2.99. The summed E-state index contributed by atoms with van der Waals surface area (Å²) in [4.78, 5) is 29.6. The second-order valence-corrected chi connectivity index (χ2v) is 7.67. The van der Waals surface area contributed by atoms with Crippen molar-refractivity contribution in [2.24, 2.45) is 0 Å². The van der Waals surface area contributed by atoms with Gasteiger partial charge in [0.05, 0.1) is 11.3 Å². The number of amides is 1. The second kappa shape index (κ2) is 6.63. The van der Waals surface area contributed by atoms with Crippen LogP contribution in [0.15, 0.2) is 53.9 Å². The summed E-state index contributed by atoms with van der Waals surface area (Å²) in [7, 11) is 0. The average molecular weight is 378 g/mol. The Balaban J connectivity index is 1.53. The number of rotatable bonds is 3. The van der Waals surface area contributed by atoms with Crippen LogP contribution < -0.4 is 5.32 Å². The van der Waals surface area contributed by atoms with Gasteiger partial charge in [-0.2, -0.15) is 0 Å². The fourth-order valence-electron chi connectivity index (χ4n) is 3.08. The first-order valence-electron chi connectivity index (χ1n) is 8.60. The van der Waals surface area contributed by atoms with Crippen LogP contribution in [0.2, 0.25) is 0 Å². The minimum atomic E-state index is -1.26. The van der Waals surface area contributed by atoms with Gasteiger partial charge in [0.1, 0.15) is 0 Å². The average Bonchev–Trinajstić information content (AvgIpc) is 3.10. The molecule has 4 rings (SSSR count). The summed E-state index contributed by atoms with van der Waals surface area (Å²) in [5, 5.41) is 5.17. The summed E-state index contributed by atoms with van der Waals surface area (Å²) in [5.74, 6) is -0.857. The molecule has 1 aromatic heterocycles. The number of carbonyl (C=O) groups is 2. The molecule has 2 aromatic carbocycles. The fraction of sp³-hybridized carbons (Fsp3) is 0.190. The lowest BCUT2D eigenvalue weighted by Gasteiger charge is -2.32. The van der Waals surface area contributed by atoms with Crippen LogP contribution in [0, 0.1) is 6.92 Å². The maximum Gasteiger partial charge on any atom is 0.339 e. The molecule has 0 saturated carbocycles. The van der Waals surface area contributed by atoms with E-state index in [1.807, 2.05) is 48.7 Å². The van der Waals surface area contributed by atoms with E-state index in [1.54, 1.807) is 19.1 Å². The largest absolute Gasteiger partial charge is 0.445 e. The first-order chi connectivity index (χ1) is 12.9. The van der Waals surface area contributed by atoms with Crippen molar-refractivity contribution in [1.29, 1.82) is 0 Å². The molecule has 1 aliphatic rings. The van der Waals surface area contributed by atoms with Gasteiger partial charge in [-0.05, 0) is 25.5 Å². The van der Waals surface area contributed by atoms with Crippen molar-refractivity contribution in [2.75, 3.05) is 5.32 Å². The number of cyclic esters (lactones) is 1. The lowest BCUT2D eigenvalue weighted by atomic mass is 9.89. The molecule has 1 N–H and O–H groups in total. The molecule has 1 aliphatic heterocycles. The first kappa shape index (κ1) is 17.4. The van der Waals surface area contributed by atoms with Crippen LogP contribution in [0.3, 0.4) is 0 Å².